The van der Waals surface area contributed by atoms with Gasteiger partial charge in [-0.15, -0.1) is 0 Å². The summed E-state index contributed by atoms with van der Waals surface area (Å²) in [6.07, 6.45) is 1.05. The molecule has 9 heteroatoms. The van der Waals surface area contributed by atoms with Crippen molar-refractivity contribution in [2.45, 2.75) is 78.4 Å². The SMILES string of the molecule is CC(C)(C)OC(=O)CCCN(CCCC(=O)OC(C)(C)C)C(=O)COCC(=O)O. The first-order valence-corrected chi connectivity index (χ1v) is 9.70. The van der Waals surface area contributed by atoms with E-state index in [-0.39, 0.29) is 44.5 Å². The third-order valence-electron chi connectivity index (χ3n) is 3.26. The van der Waals surface area contributed by atoms with Crippen molar-refractivity contribution in [2.75, 3.05) is 26.3 Å². The summed E-state index contributed by atoms with van der Waals surface area (Å²) in [5.74, 6) is -2.29. The molecule has 0 radical (unpaired) electrons. The second kappa shape index (κ2) is 12.4. The van der Waals surface area contributed by atoms with Gasteiger partial charge in [0, 0.05) is 25.9 Å². The molecule has 0 unspecified atom stereocenters. The van der Waals surface area contributed by atoms with E-state index < -0.39 is 29.7 Å². The number of carboxylic acids is 1. The highest BCUT2D eigenvalue weighted by atomic mass is 16.6. The molecule has 29 heavy (non-hydrogen) atoms. The van der Waals surface area contributed by atoms with Crippen molar-refractivity contribution in [1.82, 2.24) is 4.90 Å². The van der Waals surface area contributed by atoms with E-state index in [1.165, 1.54) is 4.90 Å². The highest BCUT2D eigenvalue weighted by Crippen LogP contribution is 2.11. The second-order valence-electron chi connectivity index (χ2n) is 8.65. The maximum Gasteiger partial charge on any atom is 0.329 e. The topological polar surface area (TPSA) is 119 Å². The van der Waals surface area contributed by atoms with Crippen LogP contribution in [-0.2, 0) is 33.4 Å². The van der Waals surface area contributed by atoms with Crippen LogP contribution in [-0.4, -0.2) is 71.3 Å². The van der Waals surface area contributed by atoms with Gasteiger partial charge < -0.3 is 24.2 Å². The molecule has 0 aliphatic carbocycles. The lowest BCUT2D eigenvalue weighted by Gasteiger charge is -2.24. The first kappa shape index (κ1) is 26.8. The molecule has 0 heterocycles. The number of rotatable bonds is 12. The number of aliphatic carboxylic acids is 1. The minimum Gasteiger partial charge on any atom is -0.480 e. The van der Waals surface area contributed by atoms with Crippen molar-refractivity contribution in [2.24, 2.45) is 0 Å². The molecule has 0 aliphatic heterocycles. The average Bonchev–Trinajstić information content (AvgIpc) is 2.49. The lowest BCUT2D eigenvalue weighted by Crippen LogP contribution is -2.37. The van der Waals surface area contributed by atoms with Crippen LogP contribution >= 0.6 is 0 Å². The molecule has 0 fully saturated rings. The van der Waals surface area contributed by atoms with Crippen LogP contribution in [0.2, 0.25) is 0 Å². The van der Waals surface area contributed by atoms with Crippen LogP contribution < -0.4 is 0 Å². The molecule has 9 nitrogen and oxygen atoms in total. The Morgan fingerprint density at radius 2 is 1.17 bits per heavy atom. The Morgan fingerprint density at radius 3 is 1.52 bits per heavy atom. The molecule has 0 aromatic rings. The second-order valence-corrected chi connectivity index (χ2v) is 8.65. The van der Waals surface area contributed by atoms with E-state index in [0.717, 1.165) is 0 Å². The summed E-state index contributed by atoms with van der Waals surface area (Å²) >= 11 is 0. The molecular weight excluding hydrogens is 382 g/mol. The Kier molecular flexibility index (Phi) is 11.5. The highest BCUT2D eigenvalue weighted by Gasteiger charge is 2.20. The van der Waals surface area contributed by atoms with Gasteiger partial charge in [0.05, 0.1) is 0 Å². The maximum absolute atomic E-state index is 12.3. The van der Waals surface area contributed by atoms with Crippen LogP contribution in [0.3, 0.4) is 0 Å². The molecule has 1 amide bonds. The Hall–Kier alpha value is -2.16. The van der Waals surface area contributed by atoms with Gasteiger partial charge in [0.1, 0.15) is 24.4 Å². The summed E-state index contributed by atoms with van der Waals surface area (Å²) in [4.78, 5) is 47.9. The summed E-state index contributed by atoms with van der Waals surface area (Å²) in [5.41, 5.74) is -1.16. The fraction of sp³-hybridized carbons (Fsp3) is 0.800. The number of carbonyl (C=O) groups excluding carboxylic acids is 3. The number of esters is 2. The molecule has 0 saturated carbocycles. The normalized spacial score (nSPS) is 11.7. The summed E-state index contributed by atoms with van der Waals surface area (Å²) < 4.78 is 15.3. The van der Waals surface area contributed by atoms with Crippen LogP contribution in [0.25, 0.3) is 0 Å². The van der Waals surface area contributed by atoms with Crippen LogP contribution in [0.15, 0.2) is 0 Å². The molecule has 0 aromatic carbocycles. The van der Waals surface area contributed by atoms with Gasteiger partial charge in [-0.3, -0.25) is 14.4 Å². The van der Waals surface area contributed by atoms with Crippen molar-refractivity contribution in [3.63, 3.8) is 0 Å². The number of carbonyl (C=O) groups is 4. The zero-order valence-electron chi connectivity index (χ0n) is 18.4. The van der Waals surface area contributed by atoms with E-state index in [1.807, 2.05) is 0 Å². The maximum atomic E-state index is 12.3. The van der Waals surface area contributed by atoms with Gasteiger partial charge >= 0.3 is 17.9 Å². The van der Waals surface area contributed by atoms with Gasteiger partial charge in [-0.2, -0.15) is 0 Å². The molecular formula is C20H35NO8. The summed E-state index contributed by atoms with van der Waals surface area (Å²) in [6.45, 7) is 10.2. The smallest absolute Gasteiger partial charge is 0.329 e. The quantitative estimate of drug-likeness (QED) is 0.480. The fourth-order valence-corrected chi connectivity index (χ4v) is 2.29. The monoisotopic (exact) mass is 417 g/mol. The molecule has 0 aliphatic rings. The van der Waals surface area contributed by atoms with Gasteiger partial charge in [0.15, 0.2) is 0 Å². The Balaban J connectivity index is 4.59. The minimum absolute atomic E-state index is 0.142. The summed E-state index contributed by atoms with van der Waals surface area (Å²) in [6, 6.07) is 0. The van der Waals surface area contributed by atoms with Crippen molar-refractivity contribution >= 4 is 23.8 Å². The molecule has 168 valence electrons. The predicted octanol–water partition coefficient (Wildman–Crippen LogP) is 2.16. The highest BCUT2D eigenvalue weighted by molar-refractivity contribution is 5.78. The zero-order valence-corrected chi connectivity index (χ0v) is 18.4. The van der Waals surface area contributed by atoms with Gasteiger partial charge in [-0.25, -0.2) is 4.79 Å². The molecule has 0 saturated heterocycles. The van der Waals surface area contributed by atoms with Gasteiger partial charge in [-0.1, -0.05) is 0 Å². The van der Waals surface area contributed by atoms with E-state index in [4.69, 9.17) is 19.3 Å². The van der Waals surface area contributed by atoms with Gasteiger partial charge in [0.25, 0.3) is 0 Å². The van der Waals surface area contributed by atoms with E-state index >= 15 is 0 Å². The predicted molar refractivity (Wildman–Crippen MR) is 105 cm³/mol. The number of hydrogen-bond acceptors (Lipinski definition) is 7. The first-order chi connectivity index (χ1) is 13.2. The van der Waals surface area contributed by atoms with Crippen LogP contribution in [0.4, 0.5) is 0 Å². The zero-order chi connectivity index (χ0) is 22.7. The molecule has 0 atom stereocenters. The Bertz CT molecular complexity index is 526. The lowest BCUT2D eigenvalue weighted by atomic mass is 10.2. The third-order valence-corrected chi connectivity index (χ3v) is 3.26. The standard InChI is InChI=1S/C20H35NO8/c1-19(2,3)28-17(25)9-7-11-21(15(22)13-27-14-16(23)24)12-8-10-18(26)29-20(4,5)6/h7-14H2,1-6H3,(H,23,24). The summed E-state index contributed by atoms with van der Waals surface area (Å²) in [5, 5.41) is 8.60. The minimum atomic E-state index is -1.17. The number of ether oxygens (including phenoxy) is 3. The van der Waals surface area contributed by atoms with E-state index in [9.17, 15) is 19.2 Å². The van der Waals surface area contributed by atoms with Crippen molar-refractivity contribution in [3.8, 4) is 0 Å². The number of carboxylic acid groups (broad SMARTS) is 1. The van der Waals surface area contributed by atoms with Crippen LogP contribution in [0.1, 0.15) is 67.2 Å². The van der Waals surface area contributed by atoms with Gasteiger partial charge in [-0.05, 0) is 54.4 Å². The third kappa shape index (κ3) is 16.5. The van der Waals surface area contributed by atoms with Gasteiger partial charge in [0.2, 0.25) is 5.91 Å². The Labute approximate surface area is 172 Å². The first-order valence-electron chi connectivity index (χ1n) is 9.70. The number of hydrogen-bond donors (Lipinski definition) is 1. The van der Waals surface area contributed by atoms with E-state index in [1.54, 1.807) is 41.5 Å². The number of nitrogens with zero attached hydrogens (tertiary/aromatic N) is 1. The lowest BCUT2D eigenvalue weighted by molar-refractivity contribution is -0.155. The van der Waals surface area contributed by atoms with E-state index in [2.05, 4.69) is 0 Å². The van der Waals surface area contributed by atoms with E-state index in [0.29, 0.717) is 12.8 Å². The summed E-state index contributed by atoms with van der Waals surface area (Å²) in [7, 11) is 0. The van der Waals surface area contributed by atoms with Crippen LogP contribution in [0.5, 0.6) is 0 Å². The molecule has 0 rings (SSSR count). The molecule has 0 aromatic heterocycles. The fourth-order valence-electron chi connectivity index (χ4n) is 2.29. The van der Waals surface area contributed by atoms with Crippen LogP contribution in [0, 0.1) is 0 Å². The molecule has 1 N–H and O–H groups in total. The van der Waals surface area contributed by atoms with Crippen molar-refractivity contribution in [1.29, 1.82) is 0 Å². The van der Waals surface area contributed by atoms with Crippen molar-refractivity contribution < 1.29 is 38.5 Å². The van der Waals surface area contributed by atoms with Crippen molar-refractivity contribution in [3.05, 3.63) is 0 Å². The molecule has 0 spiro atoms. The largest absolute Gasteiger partial charge is 0.480 e. The number of amides is 1. The average molecular weight is 417 g/mol. The Morgan fingerprint density at radius 1 is 0.759 bits per heavy atom. The molecule has 0 bridgehead atoms.